The van der Waals surface area contributed by atoms with E-state index in [-0.39, 0.29) is 0 Å². The van der Waals surface area contributed by atoms with Crippen molar-refractivity contribution in [2.24, 2.45) is 0 Å². The molecule has 2 aliphatic rings. The lowest BCUT2D eigenvalue weighted by molar-refractivity contribution is -0.147. The quantitative estimate of drug-likeness (QED) is 0.686. The van der Waals surface area contributed by atoms with E-state index >= 15 is 0 Å². The molecule has 6 nitrogen and oxygen atoms in total. The van der Waals surface area contributed by atoms with Crippen LogP contribution >= 0.6 is 0 Å². The Morgan fingerprint density at radius 2 is 1.96 bits per heavy atom. The van der Waals surface area contributed by atoms with Crippen molar-refractivity contribution in [1.29, 1.82) is 0 Å². The van der Waals surface area contributed by atoms with Gasteiger partial charge in [0.2, 0.25) is 0 Å². The van der Waals surface area contributed by atoms with Gasteiger partial charge in [0.25, 0.3) is 0 Å². The molecule has 0 saturated carbocycles. The molecule has 26 heavy (non-hydrogen) atoms. The number of carbonyl (C=O) groups excluding carboxylic acids is 2. The van der Waals surface area contributed by atoms with Gasteiger partial charge in [-0.15, -0.1) is 0 Å². The third-order valence-electron chi connectivity index (χ3n) is 5.23. The number of fused-ring (bicyclic) bond motifs is 7. The van der Waals surface area contributed by atoms with Crippen molar-refractivity contribution in [3.05, 3.63) is 65.4 Å². The Balaban J connectivity index is 1.80. The van der Waals surface area contributed by atoms with Crippen molar-refractivity contribution >= 4 is 23.0 Å². The van der Waals surface area contributed by atoms with Crippen LogP contribution in [0.3, 0.4) is 0 Å². The van der Waals surface area contributed by atoms with Gasteiger partial charge >= 0.3 is 12.1 Å². The lowest BCUT2D eigenvalue weighted by Crippen LogP contribution is -2.54. The third kappa shape index (κ3) is 1.92. The number of esters is 1. The Bertz CT molecular complexity index is 1050. The first kappa shape index (κ1) is 15.0. The zero-order valence-electron chi connectivity index (χ0n) is 14.1. The maximum atomic E-state index is 12.7. The molecule has 0 saturated heterocycles. The van der Waals surface area contributed by atoms with Crippen LogP contribution in [0.15, 0.2) is 48.5 Å². The summed E-state index contributed by atoms with van der Waals surface area (Å²) in [5, 5.41) is 1.06. The number of aromatic amines is 1. The molecule has 0 bridgehead atoms. The molecule has 1 N–H and O–H groups in total. The minimum absolute atomic E-state index is 0.389. The van der Waals surface area contributed by atoms with Crippen molar-refractivity contribution in [2.45, 2.75) is 18.5 Å². The number of hydrogen-bond acceptors (Lipinski definition) is 4. The Morgan fingerprint density at radius 1 is 1.19 bits per heavy atom. The molecule has 0 radical (unpaired) electrons. The molecule has 5 rings (SSSR count). The molecule has 1 aromatic heterocycles. The van der Waals surface area contributed by atoms with Crippen molar-refractivity contribution in [3.8, 4) is 5.75 Å². The van der Waals surface area contributed by atoms with Crippen molar-refractivity contribution < 1.29 is 19.1 Å². The zero-order valence-corrected chi connectivity index (χ0v) is 14.1. The number of H-pyrrole nitrogens is 1. The van der Waals surface area contributed by atoms with Crippen LogP contribution in [-0.4, -0.2) is 35.1 Å². The SMILES string of the molecule is COC(=O)[C@@H]1Cc2c([nH]c3ccccc23)[C@H]2c3ccccc3OC(=O)N21. The fourth-order valence-corrected chi connectivity index (χ4v) is 4.10. The second kappa shape index (κ2) is 5.36. The normalized spacial score (nSPS) is 20.8. The summed E-state index contributed by atoms with van der Waals surface area (Å²) in [4.78, 5) is 30.1. The summed E-state index contributed by atoms with van der Waals surface area (Å²) in [6, 6.07) is 14.3. The van der Waals surface area contributed by atoms with Gasteiger partial charge in [-0.25, -0.2) is 9.59 Å². The number of methoxy groups -OCH3 is 1. The van der Waals surface area contributed by atoms with Crippen molar-refractivity contribution in [1.82, 2.24) is 9.88 Å². The van der Waals surface area contributed by atoms with Gasteiger partial charge in [0.15, 0.2) is 0 Å². The van der Waals surface area contributed by atoms with Gasteiger partial charge in [-0.3, -0.25) is 4.90 Å². The lowest BCUT2D eigenvalue weighted by Gasteiger charge is -2.42. The largest absolute Gasteiger partial charge is 0.467 e. The molecule has 2 atom stereocenters. The van der Waals surface area contributed by atoms with E-state index in [9.17, 15) is 9.59 Å². The molecule has 6 heteroatoms. The topological polar surface area (TPSA) is 71.6 Å². The van der Waals surface area contributed by atoms with Crippen LogP contribution < -0.4 is 4.74 Å². The van der Waals surface area contributed by atoms with Gasteiger partial charge < -0.3 is 14.5 Å². The molecular weight excluding hydrogens is 332 g/mol. The fraction of sp³-hybridized carbons (Fsp3) is 0.200. The average molecular weight is 348 g/mol. The first-order chi connectivity index (χ1) is 12.7. The van der Waals surface area contributed by atoms with E-state index in [1.165, 1.54) is 12.0 Å². The van der Waals surface area contributed by atoms with Crippen molar-refractivity contribution in [3.63, 3.8) is 0 Å². The number of amides is 1. The van der Waals surface area contributed by atoms with Crippen LogP contribution in [0.5, 0.6) is 5.75 Å². The summed E-state index contributed by atoms with van der Waals surface area (Å²) >= 11 is 0. The maximum absolute atomic E-state index is 12.7. The monoisotopic (exact) mass is 348 g/mol. The van der Waals surface area contributed by atoms with Crippen molar-refractivity contribution in [2.75, 3.05) is 7.11 Å². The molecule has 0 unspecified atom stereocenters. The smallest absolute Gasteiger partial charge is 0.416 e. The molecule has 2 aliphatic heterocycles. The van der Waals surface area contributed by atoms with Crippen LogP contribution in [0.25, 0.3) is 10.9 Å². The van der Waals surface area contributed by atoms with Crippen LogP contribution in [0.4, 0.5) is 4.79 Å². The Morgan fingerprint density at radius 3 is 2.81 bits per heavy atom. The molecular formula is C20H16N2O4. The highest BCUT2D eigenvalue weighted by atomic mass is 16.6. The molecule has 2 aromatic carbocycles. The number of ether oxygens (including phenoxy) is 2. The molecule has 3 heterocycles. The van der Waals surface area contributed by atoms with Gasteiger partial charge in [0, 0.05) is 28.6 Å². The maximum Gasteiger partial charge on any atom is 0.416 e. The standard InChI is InChI=1S/C20H16N2O4/c1-25-19(23)15-10-13-11-6-2-4-8-14(11)21-17(13)18-12-7-3-5-9-16(12)26-20(24)22(15)18/h2-9,15,18,21H,10H2,1H3/t15-,18+/m0/s1. The van der Waals surface area contributed by atoms with E-state index < -0.39 is 24.1 Å². The number of aromatic nitrogens is 1. The molecule has 3 aromatic rings. The van der Waals surface area contributed by atoms with Gasteiger partial charge in [0.05, 0.1) is 7.11 Å². The highest BCUT2D eigenvalue weighted by Gasteiger charge is 2.48. The fourth-order valence-electron chi connectivity index (χ4n) is 4.10. The molecule has 1 amide bonds. The predicted octanol–water partition coefficient (Wildman–Crippen LogP) is 3.17. The van der Waals surface area contributed by atoms with E-state index in [4.69, 9.17) is 9.47 Å². The van der Waals surface area contributed by atoms with Gasteiger partial charge in [0.1, 0.15) is 17.8 Å². The number of nitrogens with one attached hydrogen (secondary N) is 1. The minimum Gasteiger partial charge on any atom is -0.467 e. The first-order valence-corrected chi connectivity index (χ1v) is 8.45. The number of carbonyl (C=O) groups is 2. The summed E-state index contributed by atoms with van der Waals surface area (Å²) in [6.07, 6.45) is -0.145. The summed E-state index contributed by atoms with van der Waals surface area (Å²) in [7, 11) is 1.34. The van der Waals surface area contributed by atoms with Crippen LogP contribution in [-0.2, 0) is 16.0 Å². The van der Waals surface area contributed by atoms with Crippen LogP contribution in [0.1, 0.15) is 22.9 Å². The van der Waals surface area contributed by atoms with E-state index in [1.54, 1.807) is 6.07 Å². The summed E-state index contributed by atoms with van der Waals surface area (Å²) in [5.74, 6) is 0.0798. The average Bonchev–Trinajstić information content (AvgIpc) is 3.05. The number of para-hydroxylation sites is 2. The summed E-state index contributed by atoms with van der Waals surface area (Å²) in [6.45, 7) is 0. The second-order valence-corrected chi connectivity index (χ2v) is 6.52. The number of hydrogen-bond donors (Lipinski definition) is 1. The zero-order chi connectivity index (χ0) is 17.8. The first-order valence-electron chi connectivity index (χ1n) is 8.45. The predicted molar refractivity (Wildman–Crippen MR) is 94.0 cm³/mol. The number of benzene rings is 2. The molecule has 0 spiro atoms. The van der Waals surface area contributed by atoms with Crippen LogP contribution in [0.2, 0.25) is 0 Å². The van der Waals surface area contributed by atoms with E-state index in [0.717, 1.165) is 27.7 Å². The lowest BCUT2D eigenvalue weighted by atomic mass is 9.87. The molecule has 130 valence electrons. The Kier molecular flexibility index (Phi) is 3.09. The molecule has 0 aliphatic carbocycles. The van der Waals surface area contributed by atoms with E-state index in [0.29, 0.717) is 12.2 Å². The number of nitrogens with zero attached hydrogens (tertiary/aromatic N) is 1. The van der Waals surface area contributed by atoms with Gasteiger partial charge in [-0.2, -0.15) is 0 Å². The van der Waals surface area contributed by atoms with Crippen LogP contribution in [0, 0.1) is 0 Å². The second-order valence-electron chi connectivity index (χ2n) is 6.52. The Hall–Kier alpha value is -3.28. The van der Waals surface area contributed by atoms with E-state index in [1.807, 2.05) is 42.5 Å². The third-order valence-corrected chi connectivity index (χ3v) is 5.23. The van der Waals surface area contributed by atoms with E-state index in [2.05, 4.69) is 4.98 Å². The molecule has 0 fully saturated rings. The summed E-state index contributed by atoms with van der Waals surface area (Å²) in [5.41, 5.74) is 3.81. The highest BCUT2D eigenvalue weighted by molar-refractivity contribution is 5.90. The Labute approximate surface area is 149 Å². The van der Waals surface area contributed by atoms with Gasteiger partial charge in [-0.1, -0.05) is 36.4 Å². The summed E-state index contributed by atoms with van der Waals surface area (Å²) < 4.78 is 10.5. The minimum atomic E-state index is -0.724. The number of rotatable bonds is 1. The highest BCUT2D eigenvalue weighted by Crippen LogP contribution is 2.46. The van der Waals surface area contributed by atoms with Gasteiger partial charge in [-0.05, 0) is 17.7 Å².